The summed E-state index contributed by atoms with van der Waals surface area (Å²) < 4.78 is 5.28. The molecule has 3 aromatic rings. The van der Waals surface area contributed by atoms with E-state index in [1.807, 2.05) is 49.4 Å². The van der Waals surface area contributed by atoms with E-state index in [2.05, 4.69) is 4.98 Å². The zero-order chi connectivity index (χ0) is 17.1. The number of carbonyl (C=O) groups excluding carboxylic acids is 2. The summed E-state index contributed by atoms with van der Waals surface area (Å²) in [6, 6.07) is 18.1. The zero-order valence-electron chi connectivity index (χ0n) is 13.5. The molecular weight excluding hydrogens is 302 g/mol. The van der Waals surface area contributed by atoms with Gasteiger partial charge in [0.15, 0.2) is 6.10 Å². The van der Waals surface area contributed by atoms with Gasteiger partial charge in [0.05, 0.1) is 5.52 Å². The number of Topliss-reactive ketones (excluding diaryl/α,β-unsaturated/α-hetero) is 1. The third-order valence-corrected chi connectivity index (χ3v) is 3.80. The number of hydrogen-bond acceptors (Lipinski definition) is 4. The van der Waals surface area contributed by atoms with Crippen molar-refractivity contribution in [3.63, 3.8) is 0 Å². The van der Waals surface area contributed by atoms with Crippen LogP contribution in [0.15, 0.2) is 60.7 Å². The molecule has 0 bridgehead atoms. The number of fused-ring (bicyclic) bond motifs is 1. The van der Waals surface area contributed by atoms with Crippen LogP contribution in [-0.4, -0.2) is 22.8 Å². The Balaban J connectivity index is 1.75. The van der Waals surface area contributed by atoms with E-state index in [9.17, 15) is 9.59 Å². The molecule has 1 atom stereocenters. The fourth-order valence-corrected chi connectivity index (χ4v) is 2.41. The number of pyridine rings is 1. The molecule has 1 unspecified atom stereocenters. The second kappa shape index (κ2) is 6.62. The molecule has 4 nitrogen and oxygen atoms in total. The summed E-state index contributed by atoms with van der Waals surface area (Å²) >= 11 is 0. The van der Waals surface area contributed by atoms with Crippen LogP contribution in [0.4, 0.5) is 0 Å². The highest BCUT2D eigenvalue weighted by atomic mass is 16.5. The number of rotatable bonds is 4. The molecule has 0 radical (unpaired) electrons. The van der Waals surface area contributed by atoms with Gasteiger partial charge in [0.25, 0.3) is 0 Å². The molecule has 24 heavy (non-hydrogen) atoms. The van der Waals surface area contributed by atoms with Crippen molar-refractivity contribution >= 4 is 22.7 Å². The first kappa shape index (κ1) is 15.9. The largest absolute Gasteiger partial charge is 0.450 e. The fraction of sp³-hybridized carbons (Fsp3) is 0.150. The molecule has 0 aliphatic heterocycles. The fourth-order valence-electron chi connectivity index (χ4n) is 2.41. The number of benzene rings is 2. The third-order valence-electron chi connectivity index (χ3n) is 3.80. The minimum Gasteiger partial charge on any atom is -0.450 e. The molecular formula is C20H17NO3. The highest BCUT2D eigenvalue weighted by Crippen LogP contribution is 2.14. The molecule has 0 aliphatic carbocycles. The van der Waals surface area contributed by atoms with Gasteiger partial charge in [0.2, 0.25) is 5.78 Å². The number of ketones is 1. The maximum atomic E-state index is 12.3. The Morgan fingerprint density at radius 1 is 0.958 bits per heavy atom. The summed E-state index contributed by atoms with van der Waals surface area (Å²) in [5.74, 6) is -0.835. The van der Waals surface area contributed by atoms with Crippen molar-refractivity contribution in [3.05, 3.63) is 77.5 Å². The molecule has 0 N–H and O–H groups in total. The van der Waals surface area contributed by atoms with Gasteiger partial charge in [-0.15, -0.1) is 0 Å². The number of para-hydroxylation sites is 1. The topological polar surface area (TPSA) is 56.3 Å². The van der Waals surface area contributed by atoms with Gasteiger partial charge in [-0.3, -0.25) is 4.79 Å². The maximum absolute atomic E-state index is 12.3. The summed E-state index contributed by atoms with van der Waals surface area (Å²) in [4.78, 5) is 28.9. The van der Waals surface area contributed by atoms with Gasteiger partial charge in [0.1, 0.15) is 5.69 Å². The second-order valence-electron chi connectivity index (χ2n) is 5.67. The summed E-state index contributed by atoms with van der Waals surface area (Å²) in [5.41, 5.74) is 2.49. The molecule has 0 saturated heterocycles. The molecule has 0 amide bonds. The van der Waals surface area contributed by atoms with Gasteiger partial charge in [-0.05, 0) is 26.0 Å². The van der Waals surface area contributed by atoms with E-state index in [1.165, 1.54) is 0 Å². The highest BCUT2D eigenvalue weighted by Gasteiger charge is 2.21. The van der Waals surface area contributed by atoms with E-state index in [0.717, 1.165) is 10.9 Å². The van der Waals surface area contributed by atoms with Crippen molar-refractivity contribution in [2.45, 2.75) is 20.0 Å². The Kier molecular flexibility index (Phi) is 4.38. The van der Waals surface area contributed by atoms with Crippen LogP contribution in [0.1, 0.15) is 33.3 Å². The first-order valence-corrected chi connectivity index (χ1v) is 7.72. The van der Waals surface area contributed by atoms with E-state index >= 15 is 0 Å². The van der Waals surface area contributed by atoms with Crippen LogP contribution in [-0.2, 0) is 4.74 Å². The number of hydrogen-bond donors (Lipinski definition) is 0. The predicted octanol–water partition coefficient (Wildman–Crippen LogP) is 3.97. The highest BCUT2D eigenvalue weighted by molar-refractivity contribution is 6.01. The van der Waals surface area contributed by atoms with Gasteiger partial charge in [0, 0.05) is 10.9 Å². The van der Waals surface area contributed by atoms with Crippen molar-refractivity contribution in [3.8, 4) is 0 Å². The number of esters is 1. The van der Waals surface area contributed by atoms with E-state index in [4.69, 9.17) is 4.74 Å². The Labute approximate surface area is 140 Å². The predicted molar refractivity (Wildman–Crippen MR) is 92.1 cm³/mol. The van der Waals surface area contributed by atoms with E-state index in [1.54, 1.807) is 25.1 Å². The Morgan fingerprint density at radius 2 is 1.67 bits per heavy atom. The maximum Gasteiger partial charge on any atom is 0.357 e. The van der Waals surface area contributed by atoms with Gasteiger partial charge in [-0.1, -0.05) is 54.1 Å². The standard InChI is InChI=1S/C20H17NO3/c1-13-7-9-16(10-8-13)19(22)14(2)24-20(23)18-12-11-15-5-3-4-6-17(15)21-18/h3-12,14H,1-2H3. The molecule has 3 rings (SSSR count). The lowest BCUT2D eigenvalue weighted by molar-refractivity contribution is 0.0313. The average molecular weight is 319 g/mol. The van der Waals surface area contributed by atoms with E-state index < -0.39 is 12.1 Å². The Morgan fingerprint density at radius 3 is 2.42 bits per heavy atom. The van der Waals surface area contributed by atoms with Crippen LogP contribution in [0.2, 0.25) is 0 Å². The molecule has 0 aliphatic rings. The number of nitrogens with zero attached hydrogens (tertiary/aromatic N) is 1. The lowest BCUT2D eigenvalue weighted by atomic mass is 10.1. The molecule has 4 heteroatoms. The number of ether oxygens (including phenoxy) is 1. The molecule has 0 saturated carbocycles. The van der Waals surface area contributed by atoms with Gasteiger partial charge in [-0.2, -0.15) is 0 Å². The normalized spacial score (nSPS) is 11.9. The quantitative estimate of drug-likeness (QED) is 0.539. The van der Waals surface area contributed by atoms with Gasteiger partial charge in [-0.25, -0.2) is 9.78 Å². The van der Waals surface area contributed by atoms with Crippen molar-refractivity contribution in [2.24, 2.45) is 0 Å². The summed E-state index contributed by atoms with van der Waals surface area (Å²) in [7, 11) is 0. The molecule has 120 valence electrons. The Bertz CT molecular complexity index is 900. The van der Waals surface area contributed by atoms with Crippen LogP contribution in [0, 0.1) is 6.92 Å². The van der Waals surface area contributed by atoms with Crippen LogP contribution in [0.25, 0.3) is 10.9 Å². The zero-order valence-corrected chi connectivity index (χ0v) is 13.5. The minimum absolute atomic E-state index is 0.192. The van der Waals surface area contributed by atoms with Crippen molar-refractivity contribution in [1.82, 2.24) is 4.98 Å². The molecule has 2 aromatic carbocycles. The summed E-state index contributed by atoms with van der Waals surface area (Å²) in [6.45, 7) is 3.52. The van der Waals surface area contributed by atoms with Crippen molar-refractivity contribution < 1.29 is 14.3 Å². The summed E-state index contributed by atoms with van der Waals surface area (Å²) in [6.07, 6.45) is -0.867. The van der Waals surface area contributed by atoms with Crippen LogP contribution < -0.4 is 0 Å². The van der Waals surface area contributed by atoms with Gasteiger partial charge >= 0.3 is 5.97 Å². The van der Waals surface area contributed by atoms with E-state index in [-0.39, 0.29) is 11.5 Å². The average Bonchev–Trinajstić information content (AvgIpc) is 2.61. The van der Waals surface area contributed by atoms with Crippen LogP contribution in [0.5, 0.6) is 0 Å². The second-order valence-corrected chi connectivity index (χ2v) is 5.67. The number of carbonyl (C=O) groups is 2. The molecule has 0 fully saturated rings. The lowest BCUT2D eigenvalue weighted by Crippen LogP contribution is -2.24. The summed E-state index contributed by atoms with van der Waals surface area (Å²) in [5, 5.41) is 0.942. The number of aryl methyl sites for hydroxylation is 1. The van der Waals surface area contributed by atoms with Crippen LogP contribution in [0.3, 0.4) is 0 Å². The van der Waals surface area contributed by atoms with Crippen molar-refractivity contribution in [1.29, 1.82) is 0 Å². The molecule has 1 aromatic heterocycles. The smallest absolute Gasteiger partial charge is 0.357 e. The first-order valence-electron chi connectivity index (χ1n) is 7.72. The van der Waals surface area contributed by atoms with E-state index in [0.29, 0.717) is 11.1 Å². The van der Waals surface area contributed by atoms with Gasteiger partial charge < -0.3 is 4.74 Å². The van der Waals surface area contributed by atoms with Crippen molar-refractivity contribution in [2.75, 3.05) is 0 Å². The van der Waals surface area contributed by atoms with Crippen LogP contribution >= 0.6 is 0 Å². The lowest BCUT2D eigenvalue weighted by Gasteiger charge is -2.12. The monoisotopic (exact) mass is 319 g/mol. The minimum atomic E-state index is -0.867. The molecule has 1 heterocycles. The third kappa shape index (κ3) is 3.33. The SMILES string of the molecule is Cc1ccc(C(=O)C(C)OC(=O)c2ccc3ccccc3n2)cc1. The molecule has 0 spiro atoms. The Hall–Kier alpha value is -3.01. The first-order chi connectivity index (χ1) is 11.5. The number of aromatic nitrogens is 1.